The van der Waals surface area contributed by atoms with Gasteiger partial charge in [0.25, 0.3) is 0 Å². The smallest absolute Gasteiger partial charge is 0.241 e. The molecule has 1 aromatic carbocycles. The predicted octanol–water partition coefficient (Wildman–Crippen LogP) is 2.08. The van der Waals surface area contributed by atoms with Gasteiger partial charge in [0.15, 0.2) is 0 Å². The van der Waals surface area contributed by atoms with Gasteiger partial charge in [-0.3, -0.25) is 4.79 Å². The number of rotatable bonds is 4. The lowest BCUT2D eigenvalue weighted by molar-refractivity contribution is -0.117. The van der Waals surface area contributed by atoms with Crippen LogP contribution in [0.1, 0.15) is 13.3 Å². The second-order valence-electron chi connectivity index (χ2n) is 4.06. The lowest BCUT2D eigenvalue weighted by Crippen LogP contribution is -2.34. The fourth-order valence-corrected chi connectivity index (χ4v) is 1.72. The van der Waals surface area contributed by atoms with Gasteiger partial charge in [-0.05, 0) is 24.6 Å². The molecule has 0 bridgehead atoms. The Bertz CT molecular complexity index is 407. The van der Waals surface area contributed by atoms with E-state index in [9.17, 15) is 4.79 Å². The first-order valence-corrected chi connectivity index (χ1v) is 5.86. The Balaban J connectivity index is 2.81. The quantitative estimate of drug-likeness (QED) is 0.866. The highest BCUT2D eigenvalue weighted by Gasteiger charge is 2.11. The largest absolute Gasteiger partial charge is 0.376 e. The molecule has 17 heavy (non-hydrogen) atoms. The van der Waals surface area contributed by atoms with Gasteiger partial charge in [-0.15, -0.1) is 0 Å². The van der Waals surface area contributed by atoms with Gasteiger partial charge in [0.05, 0.1) is 16.8 Å². The summed E-state index contributed by atoms with van der Waals surface area (Å²) in [7, 11) is 3.82. The number of carbonyl (C=O) groups is 1. The van der Waals surface area contributed by atoms with E-state index in [-0.39, 0.29) is 5.91 Å². The van der Waals surface area contributed by atoms with Crippen LogP contribution in [0.15, 0.2) is 18.2 Å². The fraction of sp³-hybridized carbons (Fsp3) is 0.417. The molecule has 0 fully saturated rings. The highest BCUT2D eigenvalue weighted by Crippen LogP contribution is 2.27. The average Bonchev–Trinajstić information content (AvgIpc) is 2.27. The lowest BCUT2D eigenvalue weighted by Gasteiger charge is -2.16. The molecule has 4 nitrogen and oxygen atoms in total. The van der Waals surface area contributed by atoms with Crippen molar-refractivity contribution in [1.82, 2.24) is 0 Å². The van der Waals surface area contributed by atoms with Gasteiger partial charge in [0, 0.05) is 19.8 Å². The monoisotopic (exact) mass is 255 g/mol. The number of hydrogen-bond acceptors (Lipinski definition) is 3. The highest BCUT2D eigenvalue weighted by atomic mass is 35.5. The van der Waals surface area contributed by atoms with Crippen LogP contribution in [-0.2, 0) is 4.79 Å². The first-order valence-electron chi connectivity index (χ1n) is 5.49. The zero-order valence-corrected chi connectivity index (χ0v) is 11.1. The van der Waals surface area contributed by atoms with E-state index in [0.29, 0.717) is 17.1 Å². The molecule has 5 heteroatoms. The summed E-state index contributed by atoms with van der Waals surface area (Å²) in [6, 6.07) is 4.90. The van der Waals surface area contributed by atoms with Gasteiger partial charge in [-0.1, -0.05) is 18.5 Å². The predicted molar refractivity (Wildman–Crippen MR) is 72.7 cm³/mol. The van der Waals surface area contributed by atoms with E-state index in [1.54, 1.807) is 6.07 Å². The second-order valence-corrected chi connectivity index (χ2v) is 4.47. The third kappa shape index (κ3) is 3.61. The Morgan fingerprint density at radius 1 is 1.53 bits per heavy atom. The van der Waals surface area contributed by atoms with Crippen LogP contribution in [0, 0.1) is 0 Å². The summed E-state index contributed by atoms with van der Waals surface area (Å²) >= 11 is 6.10. The fourth-order valence-electron chi connectivity index (χ4n) is 1.37. The summed E-state index contributed by atoms with van der Waals surface area (Å²) in [6.45, 7) is 1.87. The van der Waals surface area contributed by atoms with Crippen molar-refractivity contribution < 1.29 is 4.79 Å². The molecule has 1 rings (SSSR count). The van der Waals surface area contributed by atoms with E-state index < -0.39 is 6.04 Å². The van der Waals surface area contributed by atoms with Crippen LogP contribution in [0.3, 0.4) is 0 Å². The molecule has 0 aromatic heterocycles. The molecule has 94 valence electrons. The number of nitrogens with two attached hydrogens (primary N) is 1. The van der Waals surface area contributed by atoms with E-state index >= 15 is 0 Å². The van der Waals surface area contributed by atoms with Gasteiger partial charge < -0.3 is 16.0 Å². The second kappa shape index (κ2) is 5.89. The van der Waals surface area contributed by atoms with E-state index in [4.69, 9.17) is 17.3 Å². The van der Waals surface area contributed by atoms with Crippen molar-refractivity contribution in [3.63, 3.8) is 0 Å². The maximum atomic E-state index is 11.6. The zero-order valence-electron chi connectivity index (χ0n) is 10.3. The van der Waals surface area contributed by atoms with Crippen LogP contribution in [0.5, 0.6) is 0 Å². The third-order valence-electron chi connectivity index (χ3n) is 2.47. The molecule has 0 aliphatic rings. The summed E-state index contributed by atoms with van der Waals surface area (Å²) in [5.74, 6) is -0.193. The van der Waals surface area contributed by atoms with E-state index in [1.807, 2.05) is 38.1 Å². The summed E-state index contributed by atoms with van der Waals surface area (Å²) in [4.78, 5) is 13.5. The Hall–Kier alpha value is -1.26. The van der Waals surface area contributed by atoms with Gasteiger partial charge >= 0.3 is 0 Å². The van der Waals surface area contributed by atoms with Crippen molar-refractivity contribution in [2.45, 2.75) is 19.4 Å². The normalized spacial score (nSPS) is 12.1. The van der Waals surface area contributed by atoms with Crippen LogP contribution >= 0.6 is 11.6 Å². The summed E-state index contributed by atoms with van der Waals surface area (Å²) in [6.07, 6.45) is 0.606. The number of amides is 1. The minimum atomic E-state index is -0.484. The van der Waals surface area contributed by atoms with Gasteiger partial charge in [0.2, 0.25) is 5.91 Å². The summed E-state index contributed by atoms with van der Waals surface area (Å²) < 4.78 is 0. The maximum absolute atomic E-state index is 11.6. The Morgan fingerprint density at radius 2 is 2.18 bits per heavy atom. The molecule has 3 N–H and O–H groups in total. The molecule has 0 unspecified atom stereocenters. The topological polar surface area (TPSA) is 58.4 Å². The van der Waals surface area contributed by atoms with Crippen molar-refractivity contribution >= 4 is 28.9 Å². The van der Waals surface area contributed by atoms with Crippen molar-refractivity contribution in [3.8, 4) is 0 Å². The van der Waals surface area contributed by atoms with E-state index in [1.165, 1.54) is 0 Å². The number of nitrogens with one attached hydrogen (secondary N) is 1. The molecule has 1 aromatic rings. The summed E-state index contributed by atoms with van der Waals surface area (Å²) in [5, 5.41) is 3.33. The van der Waals surface area contributed by atoms with Gasteiger partial charge in [0.1, 0.15) is 0 Å². The molecule has 0 aliphatic heterocycles. The van der Waals surface area contributed by atoms with Crippen molar-refractivity contribution in [3.05, 3.63) is 23.2 Å². The van der Waals surface area contributed by atoms with Crippen LogP contribution < -0.4 is 16.0 Å². The number of nitrogens with zero attached hydrogens (tertiary/aromatic N) is 1. The number of anilines is 2. The SMILES string of the molecule is CC[C@@H](N)C(=O)Nc1ccc(N(C)C)c(Cl)c1. The average molecular weight is 256 g/mol. The summed E-state index contributed by atoms with van der Waals surface area (Å²) in [5.41, 5.74) is 7.20. The molecule has 0 spiro atoms. The number of halogens is 1. The van der Waals surface area contributed by atoms with E-state index in [2.05, 4.69) is 5.32 Å². The van der Waals surface area contributed by atoms with Crippen LogP contribution in [0.25, 0.3) is 0 Å². The van der Waals surface area contributed by atoms with Crippen molar-refractivity contribution in [2.24, 2.45) is 5.73 Å². The van der Waals surface area contributed by atoms with Gasteiger partial charge in [-0.2, -0.15) is 0 Å². The molecule has 0 radical (unpaired) electrons. The number of hydrogen-bond donors (Lipinski definition) is 2. The Labute approximate surface area is 107 Å². The molecule has 0 heterocycles. The van der Waals surface area contributed by atoms with E-state index in [0.717, 1.165) is 5.69 Å². The minimum Gasteiger partial charge on any atom is -0.376 e. The standard InChI is InChI=1S/C12H18ClN3O/c1-4-10(14)12(17)15-8-5-6-11(16(2)3)9(13)7-8/h5-7,10H,4,14H2,1-3H3,(H,15,17)/t10-/m1/s1. The van der Waals surface area contributed by atoms with Gasteiger partial charge in [-0.25, -0.2) is 0 Å². The van der Waals surface area contributed by atoms with Crippen LogP contribution in [0.4, 0.5) is 11.4 Å². The van der Waals surface area contributed by atoms with Crippen LogP contribution in [-0.4, -0.2) is 26.0 Å². The molecular weight excluding hydrogens is 238 g/mol. The van der Waals surface area contributed by atoms with Crippen molar-refractivity contribution in [1.29, 1.82) is 0 Å². The molecule has 0 saturated carbocycles. The molecular formula is C12H18ClN3O. The number of benzene rings is 1. The molecule has 0 saturated heterocycles. The maximum Gasteiger partial charge on any atom is 0.241 e. The number of carbonyl (C=O) groups excluding carboxylic acids is 1. The Kier molecular flexibility index (Phi) is 4.78. The first-order chi connectivity index (χ1) is 7.95. The molecule has 1 amide bonds. The first kappa shape index (κ1) is 13.8. The Morgan fingerprint density at radius 3 is 2.65 bits per heavy atom. The minimum absolute atomic E-state index is 0.193. The molecule has 0 aliphatic carbocycles. The third-order valence-corrected chi connectivity index (χ3v) is 2.78. The van der Waals surface area contributed by atoms with Crippen LogP contribution in [0.2, 0.25) is 5.02 Å². The zero-order chi connectivity index (χ0) is 13.0. The molecule has 1 atom stereocenters. The lowest BCUT2D eigenvalue weighted by atomic mass is 10.2. The van der Waals surface area contributed by atoms with Crippen molar-refractivity contribution in [2.75, 3.05) is 24.3 Å². The highest BCUT2D eigenvalue weighted by molar-refractivity contribution is 6.33.